The summed E-state index contributed by atoms with van der Waals surface area (Å²) in [6.07, 6.45) is 6.52. The molecule has 1 aromatic heterocycles. The van der Waals surface area contributed by atoms with Gasteiger partial charge in [0.2, 0.25) is 0 Å². The van der Waals surface area contributed by atoms with Gasteiger partial charge in [-0.25, -0.2) is 0 Å². The van der Waals surface area contributed by atoms with Crippen LogP contribution in [-0.4, -0.2) is 48.7 Å². The van der Waals surface area contributed by atoms with E-state index in [-0.39, 0.29) is 0 Å². The Labute approximate surface area is 119 Å². The van der Waals surface area contributed by atoms with Crippen molar-refractivity contribution in [3.05, 3.63) is 18.0 Å². The van der Waals surface area contributed by atoms with Gasteiger partial charge in [-0.3, -0.25) is 9.88 Å². The Kier molecular flexibility index (Phi) is 5.34. The molecule has 0 saturated carbocycles. The fourth-order valence-electron chi connectivity index (χ4n) is 2.64. The first-order valence-corrected chi connectivity index (χ1v) is 7.98. The maximum absolute atomic E-state index is 5.45. The average molecular weight is 282 g/mol. The Morgan fingerprint density at radius 2 is 2.26 bits per heavy atom. The van der Waals surface area contributed by atoms with Crippen molar-refractivity contribution in [1.29, 1.82) is 0 Å². The molecule has 0 radical (unpaired) electrons. The third-order valence-corrected chi connectivity index (χ3v) is 4.30. The fourth-order valence-corrected chi connectivity index (χ4v) is 3.40. The van der Waals surface area contributed by atoms with Gasteiger partial charge in [0, 0.05) is 30.6 Å². The zero-order chi connectivity index (χ0) is 13.7. The van der Waals surface area contributed by atoms with Crippen molar-refractivity contribution in [3.63, 3.8) is 0 Å². The predicted octanol–water partition coefficient (Wildman–Crippen LogP) is 2.43. The van der Waals surface area contributed by atoms with Crippen molar-refractivity contribution in [2.75, 3.05) is 32.8 Å². The molecule has 1 aliphatic heterocycles. The number of likely N-dealkylation sites (tertiary alicyclic amines) is 1. The first-order chi connectivity index (χ1) is 9.30. The molecule has 2 rings (SSSR count). The van der Waals surface area contributed by atoms with Crippen molar-refractivity contribution in [2.24, 2.45) is 0 Å². The molecule has 0 amide bonds. The number of ether oxygens (including phenoxy) is 2. The maximum Gasteiger partial charge on any atom is 0.183 e. The maximum atomic E-state index is 5.45. The average Bonchev–Trinajstić information content (AvgIpc) is 2.86. The van der Waals surface area contributed by atoms with E-state index in [0.29, 0.717) is 6.04 Å². The Hall–Kier alpha value is -0.940. The van der Waals surface area contributed by atoms with Crippen LogP contribution in [0.15, 0.2) is 12.3 Å². The van der Waals surface area contributed by atoms with Gasteiger partial charge in [0.1, 0.15) is 5.69 Å². The summed E-state index contributed by atoms with van der Waals surface area (Å²) in [4.78, 5) is 6.96. The van der Waals surface area contributed by atoms with E-state index in [4.69, 9.17) is 9.47 Å². The highest BCUT2D eigenvalue weighted by Crippen LogP contribution is 2.31. The first-order valence-electron chi connectivity index (χ1n) is 6.59. The molecule has 1 aliphatic rings. The number of hydrogen-bond acceptors (Lipinski definition) is 5. The van der Waals surface area contributed by atoms with Crippen LogP contribution in [0.25, 0.3) is 0 Å². The minimum absolute atomic E-state index is 0.660. The zero-order valence-corrected chi connectivity index (χ0v) is 12.7. The second kappa shape index (κ2) is 7.01. The Morgan fingerprint density at radius 3 is 2.95 bits per heavy atom. The molecule has 19 heavy (non-hydrogen) atoms. The summed E-state index contributed by atoms with van der Waals surface area (Å²) in [7, 11) is 3.33. The molecule has 0 aromatic carbocycles. The van der Waals surface area contributed by atoms with Crippen LogP contribution in [-0.2, 0) is 6.54 Å². The lowest BCUT2D eigenvalue weighted by molar-refractivity contribution is 0.253. The molecule has 0 N–H and O–H groups in total. The van der Waals surface area contributed by atoms with E-state index in [9.17, 15) is 0 Å². The van der Waals surface area contributed by atoms with Crippen LogP contribution in [0.5, 0.6) is 11.5 Å². The van der Waals surface area contributed by atoms with Crippen LogP contribution in [0.3, 0.4) is 0 Å². The fraction of sp³-hybridized carbons (Fsp3) is 0.643. The summed E-state index contributed by atoms with van der Waals surface area (Å²) in [5, 5.41) is 0. The molecule has 0 aliphatic carbocycles. The van der Waals surface area contributed by atoms with Crippen molar-refractivity contribution >= 4 is 11.8 Å². The molecule has 1 aromatic rings. The summed E-state index contributed by atoms with van der Waals surface area (Å²) < 4.78 is 10.8. The summed E-state index contributed by atoms with van der Waals surface area (Å²) >= 11 is 1.91. The van der Waals surface area contributed by atoms with Gasteiger partial charge in [-0.1, -0.05) is 0 Å². The number of aromatic nitrogens is 1. The number of thioether (sulfide) groups is 1. The van der Waals surface area contributed by atoms with Crippen LogP contribution >= 0.6 is 11.8 Å². The molecule has 5 heteroatoms. The van der Waals surface area contributed by atoms with Crippen molar-refractivity contribution in [2.45, 2.75) is 25.4 Å². The van der Waals surface area contributed by atoms with E-state index < -0.39 is 0 Å². The van der Waals surface area contributed by atoms with E-state index in [0.717, 1.165) is 30.3 Å². The third kappa shape index (κ3) is 3.34. The number of nitrogens with zero attached hydrogens (tertiary/aromatic N) is 2. The minimum atomic E-state index is 0.660. The van der Waals surface area contributed by atoms with E-state index in [1.807, 2.05) is 17.8 Å². The lowest BCUT2D eigenvalue weighted by atomic mass is 10.2. The molecular formula is C14H22N2O2S. The van der Waals surface area contributed by atoms with E-state index in [1.54, 1.807) is 20.4 Å². The van der Waals surface area contributed by atoms with Crippen LogP contribution in [0.4, 0.5) is 0 Å². The Bertz CT molecular complexity index is 414. The van der Waals surface area contributed by atoms with Gasteiger partial charge in [-0.2, -0.15) is 11.8 Å². The SMILES string of the molecule is COc1ccnc(CN2CCC[C@@H]2CSC)c1OC. The van der Waals surface area contributed by atoms with E-state index >= 15 is 0 Å². The van der Waals surface area contributed by atoms with Crippen molar-refractivity contribution < 1.29 is 9.47 Å². The van der Waals surface area contributed by atoms with Crippen LogP contribution in [0.2, 0.25) is 0 Å². The summed E-state index contributed by atoms with van der Waals surface area (Å²) in [5.41, 5.74) is 0.967. The zero-order valence-electron chi connectivity index (χ0n) is 11.9. The van der Waals surface area contributed by atoms with Crippen LogP contribution in [0.1, 0.15) is 18.5 Å². The molecule has 106 valence electrons. The molecule has 0 spiro atoms. The second-order valence-electron chi connectivity index (χ2n) is 4.72. The van der Waals surface area contributed by atoms with E-state index in [1.165, 1.54) is 18.6 Å². The molecule has 0 unspecified atom stereocenters. The van der Waals surface area contributed by atoms with Crippen molar-refractivity contribution in [1.82, 2.24) is 9.88 Å². The van der Waals surface area contributed by atoms with Crippen LogP contribution < -0.4 is 9.47 Å². The second-order valence-corrected chi connectivity index (χ2v) is 5.63. The summed E-state index contributed by atoms with van der Waals surface area (Å²) in [5.74, 6) is 2.71. The molecule has 1 saturated heterocycles. The van der Waals surface area contributed by atoms with Gasteiger partial charge in [-0.15, -0.1) is 0 Å². The lowest BCUT2D eigenvalue weighted by Gasteiger charge is -2.24. The highest BCUT2D eigenvalue weighted by Gasteiger charge is 2.25. The van der Waals surface area contributed by atoms with Gasteiger partial charge in [-0.05, 0) is 25.6 Å². The highest BCUT2D eigenvalue weighted by atomic mass is 32.2. The smallest absolute Gasteiger partial charge is 0.183 e. The highest BCUT2D eigenvalue weighted by molar-refractivity contribution is 7.98. The molecule has 2 heterocycles. The Morgan fingerprint density at radius 1 is 1.42 bits per heavy atom. The molecule has 1 atom stereocenters. The largest absolute Gasteiger partial charge is 0.493 e. The van der Waals surface area contributed by atoms with Gasteiger partial charge >= 0.3 is 0 Å². The van der Waals surface area contributed by atoms with Gasteiger partial charge in [0.15, 0.2) is 11.5 Å². The predicted molar refractivity (Wildman–Crippen MR) is 79.2 cm³/mol. The quantitative estimate of drug-likeness (QED) is 0.800. The number of pyridine rings is 1. The number of hydrogen-bond donors (Lipinski definition) is 0. The number of rotatable bonds is 6. The first kappa shape index (κ1) is 14.5. The molecule has 0 bridgehead atoms. The number of methoxy groups -OCH3 is 2. The van der Waals surface area contributed by atoms with Gasteiger partial charge in [0.25, 0.3) is 0 Å². The summed E-state index contributed by atoms with van der Waals surface area (Å²) in [6.45, 7) is 1.98. The minimum Gasteiger partial charge on any atom is -0.493 e. The van der Waals surface area contributed by atoms with Crippen molar-refractivity contribution in [3.8, 4) is 11.5 Å². The standard InChI is InChI=1S/C14H22N2O2S/c1-17-13-6-7-15-12(14(13)18-2)9-16-8-4-5-11(16)10-19-3/h6-7,11H,4-5,8-10H2,1-3H3/t11-/m1/s1. The molecule has 1 fully saturated rings. The van der Waals surface area contributed by atoms with Crippen LogP contribution in [0, 0.1) is 0 Å². The van der Waals surface area contributed by atoms with Gasteiger partial charge in [0.05, 0.1) is 14.2 Å². The van der Waals surface area contributed by atoms with E-state index in [2.05, 4.69) is 16.1 Å². The molecular weight excluding hydrogens is 260 g/mol. The molecule has 4 nitrogen and oxygen atoms in total. The normalized spacial score (nSPS) is 19.6. The van der Waals surface area contributed by atoms with Gasteiger partial charge < -0.3 is 9.47 Å². The lowest BCUT2D eigenvalue weighted by Crippen LogP contribution is -2.31. The topological polar surface area (TPSA) is 34.6 Å². The third-order valence-electron chi connectivity index (χ3n) is 3.58. The monoisotopic (exact) mass is 282 g/mol. The Balaban J connectivity index is 2.14. The summed E-state index contributed by atoms with van der Waals surface area (Å²) in [6, 6.07) is 2.50.